The van der Waals surface area contributed by atoms with Gasteiger partial charge in [-0.05, 0) is 52.2 Å². The van der Waals surface area contributed by atoms with Crippen LogP contribution in [0.15, 0.2) is 51.9 Å². The Bertz CT molecular complexity index is 714. The third-order valence-electron chi connectivity index (χ3n) is 3.69. The van der Waals surface area contributed by atoms with Gasteiger partial charge in [-0.25, -0.2) is 4.39 Å². The molecule has 21 heavy (non-hydrogen) atoms. The molecular weight excluding hydrogens is 333 g/mol. The molecule has 2 aromatic rings. The van der Waals surface area contributed by atoms with E-state index in [4.69, 9.17) is 5.73 Å². The summed E-state index contributed by atoms with van der Waals surface area (Å²) in [5.74, 6) is 0.225. The van der Waals surface area contributed by atoms with Crippen molar-refractivity contribution in [1.29, 1.82) is 0 Å². The topological polar surface area (TPSA) is 41.6 Å². The number of nitrogens with zero attached hydrogens (tertiary/aromatic N) is 2. The van der Waals surface area contributed by atoms with Gasteiger partial charge in [-0.1, -0.05) is 24.3 Å². The van der Waals surface area contributed by atoms with Crippen LogP contribution >= 0.6 is 15.9 Å². The summed E-state index contributed by atoms with van der Waals surface area (Å²) in [7, 11) is 0. The average molecular weight is 348 g/mol. The zero-order valence-corrected chi connectivity index (χ0v) is 13.1. The monoisotopic (exact) mass is 347 g/mol. The molecule has 0 bridgehead atoms. The summed E-state index contributed by atoms with van der Waals surface area (Å²) in [5, 5.41) is 0. The Kier molecular flexibility index (Phi) is 3.68. The molecule has 1 unspecified atom stereocenters. The fraction of sp³-hybridized carbons (Fsp3) is 0.188. The lowest BCUT2D eigenvalue weighted by Crippen LogP contribution is -2.36. The maximum Gasteiger partial charge on any atom is 0.196 e. The number of anilines is 1. The van der Waals surface area contributed by atoms with Gasteiger partial charge in [0.25, 0.3) is 0 Å². The lowest BCUT2D eigenvalue weighted by atomic mass is 10.0. The summed E-state index contributed by atoms with van der Waals surface area (Å²) in [6.45, 7) is 2.61. The van der Waals surface area contributed by atoms with Crippen molar-refractivity contribution in [2.45, 2.75) is 13.0 Å². The van der Waals surface area contributed by atoms with E-state index in [0.29, 0.717) is 17.0 Å². The van der Waals surface area contributed by atoms with E-state index in [2.05, 4.69) is 20.9 Å². The van der Waals surface area contributed by atoms with Crippen molar-refractivity contribution in [1.82, 2.24) is 0 Å². The number of para-hydroxylation sites is 1. The van der Waals surface area contributed by atoms with E-state index in [1.165, 1.54) is 6.07 Å². The molecule has 0 aromatic heterocycles. The maximum absolute atomic E-state index is 13.4. The molecule has 5 heteroatoms. The van der Waals surface area contributed by atoms with Gasteiger partial charge in [-0.3, -0.25) is 4.99 Å². The molecule has 108 valence electrons. The van der Waals surface area contributed by atoms with Crippen LogP contribution in [0.1, 0.15) is 17.2 Å². The predicted molar refractivity (Wildman–Crippen MR) is 87.0 cm³/mol. The number of aliphatic imine (C=N–C) groups is 1. The number of hydrogen-bond donors (Lipinski definition) is 1. The molecule has 1 aliphatic rings. The summed E-state index contributed by atoms with van der Waals surface area (Å²) in [6.07, 6.45) is 0. The van der Waals surface area contributed by atoms with Gasteiger partial charge >= 0.3 is 0 Å². The third kappa shape index (κ3) is 2.53. The van der Waals surface area contributed by atoms with Gasteiger partial charge in [-0.15, -0.1) is 0 Å². The highest BCUT2D eigenvalue weighted by atomic mass is 79.9. The fourth-order valence-electron chi connectivity index (χ4n) is 2.60. The molecule has 0 radical (unpaired) electrons. The molecule has 1 aliphatic heterocycles. The lowest BCUT2D eigenvalue weighted by Gasteiger charge is -2.28. The van der Waals surface area contributed by atoms with Crippen LogP contribution in [0.25, 0.3) is 0 Å². The fourth-order valence-corrected chi connectivity index (χ4v) is 2.99. The number of guanidine groups is 1. The van der Waals surface area contributed by atoms with Gasteiger partial charge in [0.05, 0.1) is 17.1 Å². The van der Waals surface area contributed by atoms with Crippen LogP contribution in [-0.2, 0) is 0 Å². The lowest BCUT2D eigenvalue weighted by molar-refractivity contribution is 0.618. The largest absolute Gasteiger partial charge is 0.369 e. The van der Waals surface area contributed by atoms with E-state index >= 15 is 0 Å². The number of rotatable bonds is 2. The zero-order valence-electron chi connectivity index (χ0n) is 11.6. The van der Waals surface area contributed by atoms with Gasteiger partial charge in [0.2, 0.25) is 0 Å². The summed E-state index contributed by atoms with van der Waals surface area (Å²) in [4.78, 5) is 6.37. The van der Waals surface area contributed by atoms with Gasteiger partial charge in [0, 0.05) is 5.69 Å². The third-order valence-corrected chi connectivity index (χ3v) is 4.30. The van der Waals surface area contributed by atoms with Crippen molar-refractivity contribution in [3.8, 4) is 0 Å². The first kappa shape index (κ1) is 14.1. The highest BCUT2D eigenvalue weighted by molar-refractivity contribution is 9.10. The first-order valence-corrected chi connectivity index (χ1v) is 7.47. The van der Waals surface area contributed by atoms with Crippen LogP contribution in [0.4, 0.5) is 10.1 Å². The normalized spacial score (nSPS) is 18.0. The Balaban J connectivity index is 2.03. The second kappa shape index (κ2) is 5.48. The second-order valence-corrected chi connectivity index (χ2v) is 5.90. The van der Waals surface area contributed by atoms with Crippen LogP contribution < -0.4 is 10.6 Å². The van der Waals surface area contributed by atoms with Crippen molar-refractivity contribution in [2.75, 3.05) is 11.4 Å². The van der Waals surface area contributed by atoms with Crippen molar-refractivity contribution in [3.63, 3.8) is 0 Å². The molecule has 0 fully saturated rings. The summed E-state index contributed by atoms with van der Waals surface area (Å²) >= 11 is 3.24. The first-order valence-electron chi connectivity index (χ1n) is 6.67. The smallest absolute Gasteiger partial charge is 0.196 e. The Hall–Kier alpha value is -1.88. The van der Waals surface area contributed by atoms with Crippen molar-refractivity contribution in [2.24, 2.45) is 10.7 Å². The van der Waals surface area contributed by atoms with Crippen LogP contribution in [0.5, 0.6) is 0 Å². The molecule has 3 rings (SSSR count). The first-order chi connectivity index (χ1) is 10.1. The van der Waals surface area contributed by atoms with Crippen molar-refractivity contribution in [3.05, 3.63) is 63.9 Å². The number of benzene rings is 2. The molecule has 0 aliphatic carbocycles. The zero-order chi connectivity index (χ0) is 15.0. The van der Waals surface area contributed by atoms with Gasteiger partial charge in [-0.2, -0.15) is 0 Å². The Labute approximate surface area is 131 Å². The molecule has 0 saturated heterocycles. The standard InChI is InChI=1S/C16H15BrFN3/c1-10-4-2-3-5-14(10)21-15(9-20-16(21)19)11-6-7-13(18)12(17)8-11/h2-8,15H,9H2,1H3,(H2,19,20). The SMILES string of the molecule is Cc1ccccc1N1C(N)=NCC1c1ccc(F)c(Br)c1. The van der Waals surface area contributed by atoms with E-state index in [1.54, 1.807) is 12.1 Å². The average Bonchev–Trinajstić information content (AvgIpc) is 2.84. The second-order valence-electron chi connectivity index (χ2n) is 5.04. The highest BCUT2D eigenvalue weighted by Gasteiger charge is 2.29. The van der Waals surface area contributed by atoms with Crippen LogP contribution in [0.3, 0.4) is 0 Å². The minimum Gasteiger partial charge on any atom is -0.369 e. The Morgan fingerprint density at radius 3 is 2.76 bits per heavy atom. The predicted octanol–water partition coefficient (Wildman–Crippen LogP) is 3.77. The molecule has 0 amide bonds. The Morgan fingerprint density at radius 2 is 2.05 bits per heavy atom. The number of hydrogen-bond acceptors (Lipinski definition) is 3. The van der Waals surface area contributed by atoms with Crippen LogP contribution in [-0.4, -0.2) is 12.5 Å². The molecule has 1 heterocycles. The summed E-state index contributed by atoms with van der Waals surface area (Å²) in [5.41, 5.74) is 9.21. The molecule has 3 nitrogen and oxygen atoms in total. The summed E-state index contributed by atoms with van der Waals surface area (Å²) in [6, 6.07) is 13.1. The molecule has 0 saturated carbocycles. The van der Waals surface area contributed by atoms with Crippen molar-refractivity contribution < 1.29 is 4.39 Å². The number of aryl methyl sites for hydroxylation is 1. The van der Waals surface area contributed by atoms with Gasteiger partial charge in [0.15, 0.2) is 5.96 Å². The van der Waals surface area contributed by atoms with E-state index in [1.807, 2.05) is 36.1 Å². The Morgan fingerprint density at radius 1 is 1.29 bits per heavy atom. The van der Waals surface area contributed by atoms with Gasteiger partial charge < -0.3 is 10.6 Å². The van der Waals surface area contributed by atoms with E-state index in [0.717, 1.165) is 16.8 Å². The molecule has 2 aromatic carbocycles. The highest BCUT2D eigenvalue weighted by Crippen LogP contribution is 2.34. The maximum atomic E-state index is 13.4. The molecular formula is C16H15BrFN3. The van der Waals surface area contributed by atoms with Crippen LogP contribution in [0.2, 0.25) is 0 Å². The molecule has 1 atom stereocenters. The van der Waals surface area contributed by atoms with Crippen molar-refractivity contribution >= 4 is 27.6 Å². The molecule has 2 N–H and O–H groups in total. The van der Waals surface area contributed by atoms with E-state index in [-0.39, 0.29) is 11.9 Å². The quantitative estimate of drug-likeness (QED) is 0.898. The minimum absolute atomic E-state index is 0.0111. The van der Waals surface area contributed by atoms with Crippen LogP contribution in [0, 0.1) is 12.7 Å². The van der Waals surface area contributed by atoms with Gasteiger partial charge in [0.1, 0.15) is 5.82 Å². The summed E-state index contributed by atoms with van der Waals surface area (Å²) < 4.78 is 13.9. The minimum atomic E-state index is -0.270. The van der Waals surface area contributed by atoms with E-state index < -0.39 is 0 Å². The molecule has 0 spiro atoms. The number of halogens is 2. The number of nitrogens with two attached hydrogens (primary N) is 1. The van der Waals surface area contributed by atoms with E-state index in [9.17, 15) is 4.39 Å².